The number of carbonyl (C=O) groups excluding carboxylic acids is 1. The number of nitro benzene ring substituents is 1. The molecule has 9 heteroatoms. The summed E-state index contributed by atoms with van der Waals surface area (Å²) >= 11 is 0. The van der Waals surface area contributed by atoms with Crippen molar-refractivity contribution in [1.82, 2.24) is 5.32 Å². The van der Waals surface area contributed by atoms with Crippen LogP contribution in [0.25, 0.3) is 0 Å². The average Bonchev–Trinajstić information content (AvgIpc) is 3.20. The fourth-order valence-electron chi connectivity index (χ4n) is 3.12. The first-order valence-corrected chi connectivity index (χ1v) is 8.56. The smallest absolute Gasteiger partial charge is 0.335 e. The molecule has 28 heavy (non-hydrogen) atoms. The molecule has 1 amide bonds. The van der Waals surface area contributed by atoms with Gasteiger partial charge in [0.25, 0.3) is 11.6 Å². The lowest BCUT2D eigenvalue weighted by atomic mass is 9.98. The number of nitrogens with one attached hydrogen (secondary N) is 1. The van der Waals surface area contributed by atoms with Gasteiger partial charge in [0.1, 0.15) is 5.82 Å². The van der Waals surface area contributed by atoms with Gasteiger partial charge in [-0.3, -0.25) is 14.9 Å². The van der Waals surface area contributed by atoms with Crippen LogP contribution < -0.4 is 5.32 Å². The maximum atomic E-state index is 13.3. The first-order chi connectivity index (χ1) is 13.3. The highest BCUT2D eigenvalue weighted by Crippen LogP contribution is 2.28. The quantitative estimate of drug-likeness (QED) is 0.580. The zero-order valence-corrected chi connectivity index (χ0v) is 14.6. The molecule has 0 aliphatic carbocycles. The summed E-state index contributed by atoms with van der Waals surface area (Å²) in [6.07, 6.45) is 1.14. The summed E-state index contributed by atoms with van der Waals surface area (Å²) in [6, 6.07) is 7.94. The largest absolute Gasteiger partial charge is 0.478 e. The van der Waals surface area contributed by atoms with E-state index < -0.39 is 34.3 Å². The number of rotatable bonds is 6. The highest BCUT2D eigenvalue weighted by molar-refractivity contribution is 5.98. The van der Waals surface area contributed by atoms with Gasteiger partial charge in [-0.25, -0.2) is 9.18 Å². The fraction of sp³-hybridized carbons (Fsp3) is 0.263. The predicted molar refractivity (Wildman–Crippen MR) is 95.6 cm³/mol. The lowest BCUT2D eigenvalue weighted by Crippen LogP contribution is -2.36. The summed E-state index contributed by atoms with van der Waals surface area (Å²) in [4.78, 5) is 34.3. The highest BCUT2D eigenvalue weighted by Gasteiger charge is 2.29. The van der Waals surface area contributed by atoms with Crippen molar-refractivity contribution < 1.29 is 28.7 Å². The molecule has 2 N–H and O–H groups in total. The van der Waals surface area contributed by atoms with Crippen LogP contribution in [0, 0.1) is 15.9 Å². The molecular weight excluding hydrogens is 371 g/mol. The van der Waals surface area contributed by atoms with Gasteiger partial charge in [-0.1, -0.05) is 12.1 Å². The Morgan fingerprint density at radius 1 is 1.21 bits per heavy atom. The molecular formula is C19H17FN2O6. The van der Waals surface area contributed by atoms with E-state index in [9.17, 15) is 24.1 Å². The summed E-state index contributed by atoms with van der Waals surface area (Å²) in [5.74, 6) is -2.49. The third-order valence-corrected chi connectivity index (χ3v) is 4.49. The molecule has 1 aliphatic heterocycles. The standard InChI is InChI=1S/C19H17FN2O6/c20-14-5-3-11(4-6-14)17(16-2-1-7-28-16)21-18(23)12-8-13(19(24)25)10-15(9-12)22(26)27/h3-6,8-10,16-17H,1-2,7H2,(H,21,23)(H,24,25). The molecule has 0 radical (unpaired) electrons. The number of ether oxygens (including phenoxy) is 1. The number of carbonyl (C=O) groups is 2. The van der Waals surface area contributed by atoms with Crippen molar-refractivity contribution in [3.8, 4) is 0 Å². The van der Waals surface area contributed by atoms with Gasteiger partial charge in [-0.05, 0) is 36.6 Å². The molecule has 1 saturated heterocycles. The molecule has 0 bridgehead atoms. The number of aromatic carboxylic acids is 1. The Bertz CT molecular complexity index is 877. The van der Waals surface area contributed by atoms with E-state index in [4.69, 9.17) is 9.84 Å². The van der Waals surface area contributed by atoms with Crippen LogP contribution in [0.1, 0.15) is 45.2 Å². The van der Waals surface area contributed by atoms with E-state index >= 15 is 0 Å². The van der Waals surface area contributed by atoms with Gasteiger partial charge >= 0.3 is 5.97 Å². The van der Waals surface area contributed by atoms with Gasteiger partial charge < -0.3 is 15.2 Å². The molecule has 0 saturated carbocycles. The van der Waals surface area contributed by atoms with Gasteiger partial charge in [0, 0.05) is 24.3 Å². The Hall–Kier alpha value is -3.33. The summed E-state index contributed by atoms with van der Waals surface area (Å²) < 4.78 is 18.9. The topological polar surface area (TPSA) is 119 Å². The number of nitro groups is 1. The van der Waals surface area contributed by atoms with E-state index in [1.807, 2.05) is 0 Å². The summed E-state index contributed by atoms with van der Waals surface area (Å²) in [5.41, 5.74) is -0.405. The molecule has 2 unspecified atom stereocenters. The van der Waals surface area contributed by atoms with Crippen molar-refractivity contribution >= 4 is 17.6 Å². The molecule has 146 valence electrons. The molecule has 8 nitrogen and oxygen atoms in total. The van der Waals surface area contributed by atoms with Gasteiger partial charge in [0.15, 0.2) is 0 Å². The summed E-state index contributed by atoms with van der Waals surface area (Å²) in [6.45, 7) is 0.526. The van der Waals surface area contributed by atoms with Crippen LogP contribution in [0.15, 0.2) is 42.5 Å². The second kappa shape index (κ2) is 8.13. The number of nitrogens with zero attached hydrogens (tertiary/aromatic N) is 1. The van der Waals surface area contributed by atoms with Crippen molar-refractivity contribution in [2.75, 3.05) is 6.61 Å². The molecule has 1 fully saturated rings. The van der Waals surface area contributed by atoms with Crippen LogP contribution in [-0.2, 0) is 4.74 Å². The van der Waals surface area contributed by atoms with E-state index in [1.54, 1.807) is 0 Å². The number of carboxylic acid groups (broad SMARTS) is 1. The van der Waals surface area contributed by atoms with Crippen LogP contribution in [0.5, 0.6) is 0 Å². The van der Waals surface area contributed by atoms with Crippen molar-refractivity contribution in [3.63, 3.8) is 0 Å². The zero-order valence-electron chi connectivity index (χ0n) is 14.6. The Balaban J connectivity index is 1.92. The predicted octanol–water partition coefficient (Wildman–Crippen LogP) is 3.08. The molecule has 2 aromatic rings. The molecule has 0 aromatic heterocycles. The Morgan fingerprint density at radius 3 is 2.46 bits per heavy atom. The molecule has 3 rings (SSSR count). The van der Waals surface area contributed by atoms with Crippen LogP contribution in [0.2, 0.25) is 0 Å². The van der Waals surface area contributed by atoms with E-state index in [1.165, 1.54) is 24.3 Å². The number of carboxylic acids is 1. The number of hydrogen-bond acceptors (Lipinski definition) is 5. The van der Waals surface area contributed by atoms with Crippen LogP contribution in [0.4, 0.5) is 10.1 Å². The maximum absolute atomic E-state index is 13.3. The van der Waals surface area contributed by atoms with Crippen molar-refractivity contribution in [2.24, 2.45) is 0 Å². The van der Waals surface area contributed by atoms with E-state index in [0.29, 0.717) is 18.6 Å². The lowest BCUT2D eigenvalue weighted by Gasteiger charge is -2.25. The second-order valence-electron chi connectivity index (χ2n) is 6.38. The van der Waals surface area contributed by atoms with Gasteiger partial charge in [-0.2, -0.15) is 0 Å². The minimum absolute atomic E-state index is 0.156. The van der Waals surface area contributed by atoms with Crippen LogP contribution >= 0.6 is 0 Å². The van der Waals surface area contributed by atoms with Crippen LogP contribution in [-0.4, -0.2) is 34.6 Å². The highest BCUT2D eigenvalue weighted by atomic mass is 19.1. The number of benzene rings is 2. The SMILES string of the molecule is O=C(O)c1cc(C(=O)NC(c2ccc(F)cc2)C2CCCO2)cc([N+](=O)[O-])c1. The summed E-state index contributed by atoms with van der Waals surface area (Å²) in [7, 11) is 0. The first-order valence-electron chi connectivity index (χ1n) is 8.56. The minimum Gasteiger partial charge on any atom is -0.478 e. The number of non-ortho nitro benzene ring substituents is 1. The van der Waals surface area contributed by atoms with Gasteiger partial charge in [-0.15, -0.1) is 0 Å². The molecule has 0 spiro atoms. The second-order valence-corrected chi connectivity index (χ2v) is 6.38. The van der Waals surface area contributed by atoms with Crippen molar-refractivity contribution in [3.05, 3.63) is 75.1 Å². The minimum atomic E-state index is -1.38. The van der Waals surface area contributed by atoms with Gasteiger partial charge in [0.2, 0.25) is 0 Å². The van der Waals surface area contributed by atoms with Crippen molar-refractivity contribution in [2.45, 2.75) is 25.0 Å². The first kappa shape index (κ1) is 19.4. The van der Waals surface area contributed by atoms with Crippen LogP contribution in [0.3, 0.4) is 0 Å². The Morgan fingerprint density at radius 2 is 1.89 bits per heavy atom. The number of halogens is 1. The van der Waals surface area contributed by atoms with E-state index in [0.717, 1.165) is 24.6 Å². The fourth-order valence-corrected chi connectivity index (χ4v) is 3.12. The Labute approximate surface area is 159 Å². The molecule has 1 heterocycles. The van der Waals surface area contributed by atoms with E-state index in [-0.39, 0.29) is 17.2 Å². The normalized spacial score (nSPS) is 17.1. The average molecular weight is 388 g/mol. The number of hydrogen-bond donors (Lipinski definition) is 2. The molecule has 1 aliphatic rings. The van der Waals surface area contributed by atoms with E-state index in [2.05, 4.69) is 5.32 Å². The maximum Gasteiger partial charge on any atom is 0.335 e. The Kier molecular flexibility index (Phi) is 5.65. The zero-order chi connectivity index (χ0) is 20.3. The lowest BCUT2D eigenvalue weighted by molar-refractivity contribution is -0.384. The third-order valence-electron chi connectivity index (χ3n) is 4.49. The number of amides is 1. The van der Waals surface area contributed by atoms with Crippen molar-refractivity contribution in [1.29, 1.82) is 0 Å². The monoisotopic (exact) mass is 388 g/mol. The molecule has 2 atom stereocenters. The third kappa shape index (κ3) is 4.32. The van der Waals surface area contributed by atoms with Gasteiger partial charge in [0.05, 0.1) is 22.6 Å². The summed E-state index contributed by atoms with van der Waals surface area (Å²) in [5, 5.41) is 22.9. The molecule has 2 aromatic carbocycles.